The number of benzene rings is 1. The number of hydrogen-bond acceptors (Lipinski definition) is 5. The highest BCUT2D eigenvalue weighted by atomic mass is 16.5. The minimum Gasteiger partial charge on any atom is -0.467 e. The van der Waals surface area contributed by atoms with E-state index in [4.69, 9.17) is 4.74 Å². The zero-order valence-electron chi connectivity index (χ0n) is 12.0. The first kappa shape index (κ1) is 14.2. The van der Waals surface area contributed by atoms with Crippen molar-refractivity contribution in [1.82, 2.24) is 9.97 Å². The lowest BCUT2D eigenvalue weighted by Crippen LogP contribution is -2.32. The number of nitrogens with one attached hydrogen (secondary N) is 1. The highest BCUT2D eigenvalue weighted by Crippen LogP contribution is 2.15. The van der Waals surface area contributed by atoms with E-state index in [-0.39, 0.29) is 5.97 Å². The molecule has 1 heterocycles. The number of fused-ring (bicyclic) bond motifs is 1. The van der Waals surface area contributed by atoms with Crippen LogP contribution in [0.15, 0.2) is 30.5 Å². The van der Waals surface area contributed by atoms with E-state index in [9.17, 15) is 4.79 Å². The van der Waals surface area contributed by atoms with Crippen LogP contribution in [0.25, 0.3) is 11.0 Å². The maximum absolute atomic E-state index is 11.8. The Morgan fingerprint density at radius 2 is 2.00 bits per heavy atom. The molecule has 0 radical (unpaired) electrons. The van der Waals surface area contributed by atoms with Gasteiger partial charge >= 0.3 is 5.97 Å². The molecule has 2 rings (SSSR count). The molecule has 0 fully saturated rings. The van der Waals surface area contributed by atoms with Crippen molar-refractivity contribution in [1.29, 1.82) is 0 Å². The minimum atomic E-state index is -0.407. The summed E-state index contributed by atoms with van der Waals surface area (Å²) >= 11 is 0. The van der Waals surface area contributed by atoms with E-state index in [2.05, 4.69) is 29.1 Å². The highest BCUT2D eigenvalue weighted by Gasteiger charge is 2.20. The summed E-state index contributed by atoms with van der Waals surface area (Å²) in [5.74, 6) is 0.674. The number of carbonyl (C=O) groups is 1. The van der Waals surface area contributed by atoms with Gasteiger partial charge in [0, 0.05) is 0 Å². The maximum atomic E-state index is 11.8. The Morgan fingerprint density at radius 3 is 2.65 bits per heavy atom. The van der Waals surface area contributed by atoms with Crippen molar-refractivity contribution in [3.8, 4) is 0 Å². The molecule has 5 heteroatoms. The lowest BCUT2D eigenvalue weighted by Gasteiger charge is -2.18. The number of anilines is 1. The van der Waals surface area contributed by atoms with E-state index < -0.39 is 6.04 Å². The van der Waals surface area contributed by atoms with E-state index in [1.807, 2.05) is 24.3 Å². The van der Waals surface area contributed by atoms with Crippen molar-refractivity contribution in [3.05, 3.63) is 30.5 Å². The summed E-state index contributed by atoms with van der Waals surface area (Å²) in [5, 5.41) is 3.11. The van der Waals surface area contributed by atoms with Crippen molar-refractivity contribution in [2.75, 3.05) is 12.4 Å². The lowest BCUT2D eigenvalue weighted by molar-refractivity contribution is -0.141. The molecule has 1 aromatic heterocycles. The Labute approximate surface area is 118 Å². The van der Waals surface area contributed by atoms with Crippen LogP contribution in [0.5, 0.6) is 0 Å². The highest BCUT2D eigenvalue weighted by molar-refractivity contribution is 5.80. The number of carbonyl (C=O) groups excluding carboxylic acids is 1. The third-order valence-corrected chi connectivity index (χ3v) is 2.96. The first-order valence-electron chi connectivity index (χ1n) is 6.66. The van der Waals surface area contributed by atoms with Gasteiger partial charge < -0.3 is 10.1 Å². The minimum absolute atomic E-state index is 0.284. The second kappa shape index (κ2) is 6.32. The Hall–Kier alpha value is -2.17. The van der Waals surface area contributed by atoms with Gasteiger partial charge in [0.15, 0.2) is 0 Å². The Morgan fingerprint density at radius 1 is 1.30 bits per heavy atom. The number of rotatable bonds is 5. The molecule has 0 bridgehead atoms. The van der Waals surface area contributed by atoms with E-state index in [0.29, 0.717) is 18.2 Å². The van der Waals surface area contributed by atoms with E-state index in [1.165, 1.54) is 7.11 Å². The third kappa shape index (κ3) is 3.44. The number of ether oxygens (including phenoxy) is 1. The van der Waals surface area contributed by atoms with Crippen LogP contribution < -0.4 is 5.32 Å². The molecule has 0 aliphatic heterocycles. The predicted octanol–water partition coefficient (Wildman–Crippen LogP) is 2.63. The number of nitrogens with zero attached hydrogens (tertiary/aromatic N) is 2. The van der Waals surface area contributed by atoms with Crippen molar-refractivity contribution in [2.45, 2.75) is 26.3 Å². The van der Waals surface area contributed by atoms with E-state index in [1.54, 1.807) is 6.20 Å². The SMILES string of the molecule is COC(=O)C(CC(C)C)Nc1cnc2ccccc2n1. The molecule has 2 aromatic rings. The van der Waals surface area contributed by atoms with Gasteiger partial charge in [0.05, 0.1) is 24.3 Å². The maximum Gasteiger partial charge on any atom is 0.328 e. The average Bonchev–Trinajstić information content (AvgIpc) is 2.45. The summed E-state index contributed by atoms with van der Waals surface area (Å²) < 4.78 is 4.82. The fraction of sp³-hybridized carbons (Fsp3) is 0.400. The van der Waals surface area contributed by atoms with Gasteiger partial charge in [-0.1, -0.05) is 26.0 Å². The number of aromatic nitrogens is 2. The molecule has 0 aliphatic rings. The van der Waals surface area contributed by atoms with Crippen LogP contribution in [0.3, 0.4) is 0 Å². The van der Waals surface area contributed by atoms with Gasteiger partial charge in [0.2, 0.25) is 0 Å². The van der Waals surface area contributed by atoms with Crippen LogP contribution >= 0.6 is 0 Å². The van der Waals surface area contributed by atoms with Crippen molar-refractivity contribution >= 4 is 22.8 Å². The Bertz CT molecular complexity index is 598. The molecule has 106 valence electrons. The Kier molecular flexibility index (Phi) is 4.50. The lowest BCUT2D eigenvalue weighted by atomic mass is 10.0. The molecule has 0 aliphatic carbocycles. The van der Waals surface area contributed by atoms with Crippen LogP contribution in [0.4, 0.5) is 5.82 Å². The standard InChI is InChI=1S/C15H19N3O2/c1-10(2)8-13(15(19)20-3)18-14-9-16-11-6-4-5-7-12(11)17-14/h4-7,9-10,13H,8H2,1-3H3,(H,17,18). The smallest absolute Gasteiger partial charge is 0.328 e. The molecule has 5 nitrogen and oxygen atoms in total. The molecule has 0 spiro atoms. The van der Waals surface area contributed by atoms with Crippen LogP contribution in [-0.2, 0) is 9.53 Å². The van der Waals surface area contributed by atoms with Gasteiger partial charge in [-0.05, 0) is 24.5 Å². The van der Waals surface area contributed by atoms with Gasteiger partial charge in [-0.2, -0.15) is 0 Å². The molecule has 1 atom stereocenters. The quantitative estimate of drug-likeness (QED) is 0.848. The number of methoxy groups -OCH3 is 1. The zero-order valence-corrected chi connectivity index (χ0v) is 12.0. The number of para-hydroxylation sites is 2. The Balaban J connectivity index is 2.21. The van der Waals surface area contributed by atoms with Crippen molar-refractivity contribution < 1.29 is 9.53 Å². The van der Waals surface area contributed by atoms with Crippen LogP contribution in [-0.4, -0.2) is 29.1 Å². The van der Waals surface area contributed by atoms with Gasteiger partial charge in [-0.3, -0.25) is 4.98 Å². The van der Waals surface area contributed by atoms with Gasteiger partial charge in [-0.15, -0.1) is 0 Å². The molecule has 1 aromatic carbocycles. The molecular weight excluding hydrogens is 254 g/mol. The number of hydrogen-bond donors (Lipinski definition) is 1. The van der Waals surface area contributed by atoms with E-state index in [0.717, 1.165) is 11.0 Å². The summed E-state index contributed by atoms with van der Waals surface area (Å²) in [5.41, 5.74) is 1.63. The van der Waals surface area contributed by atoms with Gasteiger partial charge in [-0.25, -0.2) is 9.78 Å². The first-order chi connectivity index (χ1) is 9.60. The predicted molar refractivity (Wildman–Crippen MR) is 78.4 cm³/mol. The molecule has 0 saturated carbocycles. The summed E-state index contributed by atoms with van der Waals surface area (Å²) in [7, 11) is 1.39. The van der Waals surface area contributed by atoms with Crippen LogP contribution in [0, 0.1) is 5.92 Å². The molecule has 1 N–H and O–H groups in total. The topological polar surface area (TPSA) is 64.1 Å². The number of esters is 1. The molecule has 0 saturated heterocycles. The monoisotopic (exact) mass is 273 g/mol. The summed E-state index contributed by atoms with van der Waals surface area (Å²) in [6.45, 7) is 4.12. The van der Waals surface area contributed by atoms with Gasteiger partial charge in [0.25, 0.3) is 0 Å². The summed E-state index contributed by atoms with van der Waals surface area (Å²) in [4.78, 5) is 20.6. The van der Waals surface area contributed by atoms with E-state index >= 15 is 0 Å². The van der Waals surface area contributed by atoms with Gasteiger partial charge in [0.1, 0.15) is 11.9 Å². The van der Waals surface area contributed by atoms with Crippen molar-refractivity contribution in [3.63, 3.8) is 0 Å². The average molecular weight is 273 g/mol. The second-order valence-corrected chi connectivity index (χ2v) is 5.09. The zero-order chi connectivity index (χ0) is 14.5. The fourth-order valence-electron chi connectivity index (χ4n) is 2.03. The first-order valence-corrected chi connectivity index (χ1v) is 6.66. The molecule has 1 unspecified atom stereocenters. The van der Waals surface area contributed by atoms with Crippen LogP contribution in [0.1, 0.15) is 20.3 Å². The molecule has 20 heavy (non-hydrogen) atoms. The third-order valence-electron chi connectivity index (χ3n) is 2.96. The van der Waals surface area contributed by atoms with Crippen LogP contribution in [0.2, 0.25) is 0 Å². The fourth-order valence-corrected chi connectivity index (χ4v) is 2.03. The normalized spacial score (nSPS) is 12.4. The molecular formula is C15H19N3O2. The van der Waals surface area contributed by atoms with Crippen molar-refractivity contribution in [2.24, 2.45) is 5.92 Å². The molecule has 0 amide bonds. The summed E-state index contributed by atoms with van der Waals surface area (Å²) in [6.07, 6.45) is 2.32. The summed E-state index contributed by atoms with van der Waals surface area (Å²) in [6, 6.07) is 7.21. The second-order valence-electron chi connectivity index (χ2n) is 5.09. The largest absolute Gasteiger partial charge is 0.467 e.